The number of aromatic nitrogens is 3. The van der Waals surface area contributed by atoms with Crippen LogP contribution in [0.5, 0.6) is 0 Å². The molecule has 2 N–H and O–H groups in total. The first-order valence-corrected chi connectivity index (χ1v) is 12.2. The Kier molecular flexibility index (Phi) is 5.14. The Labute approximate surface area is 176 Å². The summed E-state index contributed by atoms with van der Waals surface area (Å²) in [4.78, 5) is 21.9. The summed E-state index contributed by atoms with van der Waals surface area (Å²) in [6.07, 6.45) is 6.37. The summed E-state index contributed by atoms with van der Waals surface area (Å²) in [7, 11) is -3.18. The summed E-state index contributed by atoms with van der Waals surface area (Å²) >= 11 is 0. The molecular weight excluding hydrogens is 406 g/mol. The minimum absolute atomic E-state index is 0.0505. The Balaban J connectivity index is 1.66. The molecule has 2 atom stereocenters. The van der Waals surface area contributed by atoms with Gasteiger partial charge in [-0.1, -0.05) is 0 Å². The molecule has 0 amide bonds. The number of fused-ring (bicyclic) bond motifs is 1. The third-order valence-corrected chi connectivity index (χ3v) is 8.17. The van der Waals surface area contributed by atoms with Gasteiger partial charge >= 0.3 is 0 Å². The van der Waals surface area contributed by atoms with Crippen molar-refractivity contribution in [2.24, 2.45) is 0 Å². The van der Waals surface area contributed by atoms with Crippen molar-refractivity contribution in [1.29, 1.82) is 0 Å². The van der Waals surface area contributed by atoms with Crippen LogP contribution < -0.4 is 10.9 Å². The van der Waals surface area contributed by atoms with E-state index in [1.807, 2.05) is 6.92 Å². The van der Waals surface area contributed by atoms with Crippen molar-refractivity contribution in [3.63, 3.8) is 0 Å². The molecule has 0 spiro atoms. The number of aliphatic hydroxyl groups is 1. The number of pyridine rings is 1. The van der Waals surface area contributed by atoms with Crippen molar-refractivity contribution in [1.82, 2.24) is 18.8 Å². The standard InChI is InChI=1S/C20H29N5O4S/c1-19(9-4-10-20(19,2)27)25-16(26)6-5-14-13-21-18(23-17(14)25)22-15-7-11-24(12-8-15)30(3,28)29/h5-6,13,15,27H,4,7-12H2,1-3H3,(H,21,22,23)/t19-,20-/m1/s1. The molecule has 2 fully saturated rings. The normalized spacial score (nSPS) is 28.8. The molecule has 30 heavy (non-hydrogen) atoms. The van der Waals surface area contributed by atoms with Crippen LogP contribution in [0, 0.1) is 0 Å². The monoisotopic (exact) mass is 435 g/mol. The maximum absolute atomic E-state index is 12.9. The van der Waals surface area contributed by atoms with E-state index < -0.39 is 21.2 Å². The second-order valence-electron chi connectivity index (χ2n) is 8.96. The topological polar surface area (TPSA) is 117 Å². The van der Waals surface area contributed by atoms with E-state index in [-0.39, 0.29) is 11.6 Å². The highest BCUT2D eigenvalue weighted by molar-refractivity contribution is 7.88. The van der Waals surface area contributed by atoms with Gasteiger partial charge < -0.3 is 10.4 Å². The largest absolute Gasteiger partial charge is 0.388 e. The highest BCUT2D eigenvalue weighted by Crippen LogP contribution is 2.44. The fraction of sp³-hybridized carbons (Fsp3) is 0.650. The van der Waals surface area contributed by atoms with E-state index in [0.29, 0.717) is 50.4 Å². The summed E-state index contributed by atoms with van der Waals surface area (Å²) in [6, 6.07) is 3.25. The van der Waals surface area contributed by atoms with Gasteiger partial charge in [0.05, 0.1) is 17.4 Å². The van der Waals surface area contributed by atoms with Crippen LogP contribution in [-0.4, -0.2) is 63.4 Å². The minimum Gasteiger partial charge on any atom is -0.388 e. The van der Waals surface area contributed by atoms with Crippen molar-refractivity contribution in [3.05, 3.63) is 28.7 Å². The molecule has 1 aliphatic carbocycles. The molecule has 2 aromatic rings. The Morgan fingerprint density at radius 3 is 2.50 bits per heavy atom. The Morgan fingerprint density at radius 2 is 1.90 bits per heavy atom. The predicted octanol–water partition coefficient (Wildman–Crippen LogP) is 1.28. The SMILES string of the molecule is C[C@@]1(n2c(=O)ccc3cnc(NC4CCN(S(C)(=O)=O)CC4)nc32)CCC[C@@]1(C)O. The zero-order valence-electron chi connectivity index (χ0n) is 17.6. The average Bonchev–Trinajstić information content (AvgIpc) is 2.94. The molecule has 1 aliphatic heterocycles. The number of anilines is 1. The van der Waals surface area contributed by atoms with Crippen LogP contribution >= 0.6 is 0 Å². The lowest BCUT2D eigenvalue weighted by Gasteiger charge is -2.39. The van der Waals surface area contributed by atoms with Gasteiger partial charge in [0.25, 0.3) is 5.56 Å². The fourth-order valence-corrected chi connectivity index (χ4v) is 5.62. The number of sulfonamides is 1. The zero-order chi connectivity index (χ0) is 21.7. The summed E-state index contributed by atoms with van der Waals surface area (Å²) < 4.78 is 26.5. The molecule has 2 aliphatic rings. The number of hydrogen-bond acceptors (Lipinski definition) is 7. The molecule has 3 heterocycles. The number of piperidine rings is 1. The summed E-state index contributed by atoms with van der Waals surface area (Å²) in [6.45, 7) is 4.60. The number of nitrogens with zero attached hydrogens (tertiary/aromatic N) is 4. The fourth-order valence-electron chi connectivity index (χ4n) is 4.75. The van der Waals surface area contributed by atoms with Crippen molar-refractivity contribution in [2.45, 2.75) is 63.1 Å². The average molecular weight is 436 g/mol. The van der Waals surface area contributed by atoms with Gasteiger partial charge in [-0.05, 0) is 52.0 Å². The molecular formula is C20H29N5O4S. The molecule has 1 saturated carbocycles. The highest BCUT2D eigenvalue weighted by Gasteiger charge is 2.50. The molecule has 10 heteroatoms. The second kappa shape index (κ2) is 7.28. The first-order valence-electron chi connectivity index (χ1n) is 10.3. The van der Waals surface area contributed by atoms with Crippen molar-refractivity contribution >= 4 is 27.0 Å². The van der Waals surface area contributed by atoms with E-state index in [0.717, 1.165) is 11.8 Å². The Morgan fingerprint density at radius 1 is 1.20 bits per heavy atom. The molecule has 2 aromatic heterocycles. The van der Waals surface area contributed by atoms with Gasteiger partial charge in [0.15, 0.2) is 0 Å². The van der Waals surface area contributed by atoms with Crippen molar-refractivity contribution < 1.29 is 13.5 Å². The first-order chi connectivity index (χ1) is 14.0. The molecule has 164 valence electrons. The van der Waals surface area contributed by atoms with Gasteiger partial charge in [-0.15, -0.1) is 0 Å². The summed E-state index contributed by atoms with van der Waals surface area (Å²) in [5, 5.41) is 15.0. The van der Waals surface area contributed by atoms with E-state index in [9.17, 15) is 18.3 Å². The van der Waals surface area contributed by atoms with Crippen LogP contribution in [0.25, 0.3) is 11.0 Å². The van der Waals surface area contributed by atoms with Gasteiger partial charge in [0, 0.05) is 36.8 Å². The lowest BCUT2D eigenvalue weighted by atomic mass is 9.85. The molecule has 1 saturated heterocycles. The maximum Gasteiger partial charge on any atom is 0.252 e. The van der Waals surface area contributed by atoms with Crippen LogP contribution in [0.3, 0.4) is 0 Å². The van der Waals surface area contributed by atoms with Crippen LogP contribution in [0.1, 0.15) is 46.0 Å². The van der Waals surface area contributed by atoms with Gasteiger partial charge in [-0.2, -0.15) is 4.98 Å². The molecule has 0 unspecified atom stereocenters. The number of rotatable bonds is 4. The van der Waals surface area contributed by atoms with Gasteiger partial charge in [0.2, 0.25) is 16.0 Å². The van der Waals surface area contributed by atoms with E-state index in [1.165, 1.54) is 16.6 Å². The highest BCUT2D eigenvalue weighted by atomic mass is 32.2. The zero-order valence-corrected chi connectivity index (χ0v) is 18.4. The smallest absolute Gasteiger partial charge is 0.252 e. The molecule has 9 nitrogen and oxygen atoms in total. The van der Waals surface area contributed by atoms with E-state index in [2.05, 4.69) is 15.3 Å². The molecule has 0 radical (unpaired) electrons. The minimum atomic E-state index is -3.18. The predicted molar refractivity (Wildman–Crippen MR) is 115 cm³/mol. The molecule has 0 aromatic carbocycles. The van der Waals surface area contributed by atoms with Crippen LogP contribution in [0.15, 0.2) is 23.1 Å². The van der Waals surface area contributed by atoms with Crippen LogP contribution in [0.4, 0.5) is 5.95 Å². The van der Waals surface area contributed by atoms with E-state index in [4.69, 9.17) is 0 Å². The second-order valence-corrected chi connectivity index (χ2v) is 10.9. The van der Waals surface area contributed by atoms with Gasteiger partial charge in [-0.25, -0.2) is 17.7 Å². The van der Waals surface area contributed by atoms with Gasteiger partial charge in [-0.3, -0.25) is 9.36 Å². The van der Waals surface area contributed by atoms with E-state index in [1.54, 1.807) is 23.8 Å². The maximum atomic E-state index is 12.9. The van der Waals surface area contributed by atoms with Crippen LogP contribution in [-0.2, 0) is 15.6 Å². The van der Waals surface area contributed by atoms with Crippen LogP contribution in [0.2, 0.25) is 0 Å². The third-order valence-electron chi connectivity index (χ3n) is 6.87. The number of hydrogen-bond donors (Lipinski definition) is 2. The van der Waals surface area contributed by atoms with Crippen molar-refractivity contribution in [2.75, 3.05) is 24.7 Å². The third kappa shape index (κ3) is 3.61. The summed E-state index contributed by atoms with van der Waals surface area (Å²) in [5.41, 5.74) is -1.46. The van der Waals surface area contributed by atoms with E-state index >= 15 is 0 Å². The molecule has 0 bridgehead atoms. The quantitative estimate of drug-likeness (QED) is 0.743. The lowest BCUT2D eigenvalue weighted by Crippen LogP contribution is -2.51. The number of nitrogens with one attached hydrogen (secondary N) is 1. The first kappa shape index (κ1) is 21.2. The Bertz CT molecular complexity index is 1120. The summed E-state index contributed by atoms with van der Waals surface area (Å²) in [5.74, 6) is 0.404. The Hall–Kier alpha value is -2.04. The molecule has 4 rings (SSSR count). The van der Waals surface area contributed by atoms with Gasteiger partial charge in [0.1, 0.15) is 5.65 Å². The lowest BCUT2D eigenvalue weighted by molar-refractivity contribution is -0.0270. The van der Waals surface area contributed by atoms with Crippen molar-refractivity contribution in [3.8, 4) is 0 Å².